The Morgan fingerprint density at radius 3 is 2.03 bits per heavy atom. The van der Waals surface area contributed by atoms with Crippen LogP contribution in [-0.2, 0) is 0 Å². The van der Waals surface area contributed by atoms with Gasteiger partial charge in [0.05, 0.1) is 0 Å². The third kappa shape index (κ3) is 5.85. The standard InChI is InChI=1S/C26H30ClNO/c1-4-28(5-2)17-18-29-25-15-13-22(14-16-25)26(21-11-9-20(3)10-12-21)23-7-6-8-24(27)19-23/h6-16,19,26H,4-5,17-18H2,1-3H3. The molecule has 0 aliphatic rings. The predicted octanol–water partition coefficient (Wildman–Crippen LogP) is 6.55. The number of halogens is 1. The molecule has 0 fully saturated rings. The zero-order chi connectivity index (χ0) is 20.6. The van der Waals surface area contributed by atoms with Crippen LogP contribution in [0.2, 0.25) is 5.02 Å². The highest BCUT2D eigenvalue weighted by Gasteiger charge is 2.17. The Morgan fingerprint density at radius 1 is 0.828 bits per heavy atom. The van der Waals surface area contributed by atoms with Crippen molar-refractivity contribution in [3.05, 3.63) is 100 Å². The summed E-state index contributed by atoms with van der Waals surface area (Å²) < 4.78 is 5.96. The first-order chi connectivity index (χ1) is 14.1. The second-order valence-corrected chi connectivity index (χ2v) is 7.78. The van der Waals surface area contributed by atoms with E-state index in [4.69, 9.17) is 16.3 Å². The summed E-state index contributed by atoms with van der Waals surface area (Å²) in [7, 11) is 0. The molecule has 3 heteroatoms. The molecule has 152 valence electrons. The third-order valence-corrected chi connectivity index (χ3v) is 5.61. The molecule has 3 aromatic rings. The molecule has 0 heterocycles. The van der Waals surface area contributed by atoms with Gasteiger partial charge in [-0.15, -0.1) is 0 Å². The Hall–Kier alpha value is -2.29. The van der Waals surface area contributed by atoms with Gasteiger partial charge in [-0.05, 0) is 61.0 Å². The Bertz CT molecular complexity index is 885. The highest BCUT2D eigenvalue weighted by Crippen LogP contribution is 2.34. The number of nitrogens with zero attached hydrogens (tertiary/aromatic N) is 1. The van der Waals surface area contributed by atoms with Gasteiger partial charge < -0.3 is 9.64 Å². The molecule has 0 spiro atoms. The number of likely N-dealkylation sites (N-methyl/N-ethyl adjacent to an activating group) is 1. The van der Waals surface area contributed by atoms with Gasteiger partial charge in [0, 0.05) is 17.5 Å². The minimum absolute atomic E-state index is 0.138. The average Bonchev–Trinajstić information content (AvgIpc) is 2.74. The maximum absolute atomic E-state index is 6.30. The summed E-state index contributed by atoms with van der Waals surface area (Å²) in [6.07, 6.45) is 0. The normalized spacial score (nSPS) is 12.2. The fraction of sp³-hybridized carbons (Fsp3) is 0.308. The molecule has 1 unspecified atom stereocenters. The highest BCUT2D eigenvalue weighted by molar-refractivity contribution is 6.30. The third-order valence-electron chi connectivity index (χ3n) is 5.38. The first kappa shape index (κ1) is 21.4. The Labute approximate surface area is 180 Å². The van der Waals surface area contributed by atoms with Gasteiger partial charge >= 0.3 is 0 Å². The van der Waals surface area contributed by atoms with Crippen LogP contribution in [0, 0.1) is 6.92 Å². The Morgan fingerprint density at radius 2 is 1.45 bits per heavy atom. The van der Waals surface area contributed by atoms with Gasteiger partial charge in [0.25, 0.3) is 0 Å². The topological polar surface area (TPSA) is 12.5 Å². The average molecular weight is 408 g/mol. The Balaban J connectivity index is 1.82. The molecule has 1 atom stereocenters. The van der Waals surface area contributed by atoms with Crippen molar-refractivity contribution < 1.29 is 4.74 Å². The SMILES string of the molecule is CCN(CC)CCOc1ccc(C(c2ccc(C)cc2)c2cccc(Cl)c2)cc1. The number of rotatable bonds is 9. The van der Waals surface area contributed by atoms with Crippen LogP contribution in [0.3, 0.4) is 0 Å². The molecule has 0 bridgehead atoms. The number of hydrogen-bond donors (Lipinski definition) is 0. The van der Waals surface area contributed by atoms with Crippen LogP contribution in [0.1, 0.15) is 42.0 Å². The lowest BCUT2D eigenvalue weighted by molar-refractivity contribution is 0.223. The van der Waals surface area contributed by atoms with Gasteiger partial charge in [-0.1, -0.05) is 79.5 Å². The highest BCUT2D eigenvalue weighted by atomic mass is 35.5. The molecule has 0 saturated heterocycles. The quantitative estimate of drug-likeness (QED) is 0.373. The van der Waals surface area contributed by atoms with E-state index in [9.17, 15) is 0 Å². The van der Waals surface area contributed by atoms with Crippen LogP contribution >= 0.6 is 11.6 Å². The molecule has 0 saturated carbocycles. The molecule has 29 heavy (non-hydrogen) atoms. The smallest absolute Gasteiger partial charge is 0.119 e. The van der Waals surface area contributed by atoms with Gasteiger partial charge in [-0.2, -0.15) is 0 Å². The van der Waals surface area contributed by atoms with E-state index in [0.29, 0.717) is 6.61 Å². The van der Waals surface area contributed by atoms with Gasteiger partial charge in [0.15, 0.2) is 0 Å². The maximum Gasteiger partial charge on any atom is 0.119 e. The molecule has 2 nitrogen and oxygen atoms in total. The minimum Gasteiger partial charge on any atom is -0.492 e. The molecule has 3 rings (SSSR count). The van der Waals surface area contributed by atoms with Crippen molar-refractivity contribution in [2.45, 2.75) is 26.7 Å². The Kier molecular flexibility index (Phi) is 7.74. The fourth-order valence-electron chi connectivity index (χ4n) is 3.61. The van der Waals surface area contributed by atoms with Gasteiger partial charge in [-0.3, -0.25) is 0 Å². The molecule has 0 radical (unpaired) electrons. The number of benzene rings is 3. The molecule has 0 amide bonds. The van der Waals surface area contributed by atoms with Gasteiger partial charge in [0.1, 0.15) is 12.4 Å². The van der Waals surface area contributed by atoms with Crippen molar-refractivity contribution in [2.75, 3.05) is 26.2 Å². The van der Waals surface area contributed by atoms with E-state index in [2.05, 4.69) is 86.3 Å². The van der Waals surface area contributed by atoms with Gasteiger partial charge in [-0.25, -0.2) is 0 Å². The first-order valence-corrected chi connectivity index (χ1v) is 10.8. The number of aryl methyl sites for hydroxylation is 1. The van der Waals surface area contributed by atoms with Crippen molar-refractivity contribution in [1.29, 1.82) is 0 Å². The second-order valence-electron chi connectivity index (χ2n) is 7.34. The largest absolute Gasteiger partial charge is 0.492 e. The van der Waals surface area contributed by atoms with Crippen LogP contribution in [0.5, 0.6) is 5.75 Å². The summed E-state index contributed by atoms with van der Waals surface area (Å²) in [6, 6.07) is 25.3. The van der Waals surface area contributed by atoms with Crippen LogP contribution in [0.4, 0.5) is 0 Å². The van der Waals surface area contributed by atoms with Gasteiger partial charge in [0.2, 0.25) is 0 Å². The second kappa shape index (κ2) is 10.5. The summed E-state index contributed by atoms with van der Waals surface area (Å²) in [6.45, 7) is 10.2. The molecule has 3 aromatic carbocycles. The summed E-state index contributed by atoms with van der Waals surface area (Å²) in [5.74, 6) is 1.05. The summed E-state index contributed by atoms with van der Waals surface area (Å²) >= 11 is 6.30. The molecule has 0 aromatic heterocycles. The maximum atomic E-state index is 6.30. The fourth-order valence-corrected chi connectivity index (χ4v) is 3.81. The summed E-state index contributed by atoms with van der Waals surface area (Å²) in [5, 5.41) is 0.760. The lowest BCUT2D eigenvalue weighted by Crippen LogP contribution is -2.27. The molecule has 0 aliphatic carbocycles. The van der Waals surface area contributed by atoms with Crippen molar-refractivity contribution in [2.24, 2.45) is 0 Å². The van der Waals surface area contributed by atoms with E-state index < -0.39 is 0 Å². The van der Waals surface area contributed by atoms with E-state index in [0.717, 1.165) is 30.4 Å². The van der Waals surface area contributed by atoms with E-state index in [-0.39, 0.29) is 5.92 Å². The number of hydrogen-bond acceptors (Lipinski definition) is 2. The van der Waals surface area contributed by atoms with E-state index in [1.807, 2.05) is 12.1 Å². The predicted molar refractivity (Wildman–Crippen MR) is 123 cm³/mol. The lowest BCUT2D eigenvalue weighted by Gasteiger charge is -2.20. The summed E-state index contributed by atoms with van der Waals surface area (Å²) in [5.41, 5.74) is 4.94. The van der Waals surface area contributed by atoms with Crippen molar-refractivity contribution in [1.82, 2.24) is 4.90 Å². The summed E-state index contributed by atoms with van der Waals surface area (Å²) in [4.78, 5) is 2.36. The van der Waals surface area contributed by atoms with Crippen LogP contribution in [0.25, 0.3) is 0 Å². The first-order valence-electron chi connectivity index (χ1n) is 10.4. The van der Waals surface area contributed by atoms with Crippen molar-refractivity contribution >= 4 is 11.6 Å². The van der Waals surface area contributed by atoms with Crippen LogP contribution in [0.15, 0.2) is 72.8 Å². The van der Waals surface area contributed by atoms with Crippen LogP contribution in [-0.4, -0.2) is 31.1 Å². The molecule has 0 aliphatic heterocycles. The van der Waals surface area contributed by atoms with E-state index in [1.165, 1.54) is 22.3 Å². The molecule has 0 N–H and O–H groups in total. The van der Waals surface area contributed by atoms with Crippen LogP contribution < -0.4 is 4.74 Å². The molecular weight excluding hydrogens is 378 g/mol. The van der Waals surface area contributed by atoms with E-state index >= 15 is 0 Å². The van der Waals surface area contributed by atoms with Crippen molar-refractivity contribution in [3.8, 4) is 5.75 Å². The monoisotopic (exact) mass is 407 g/mol. The number of ether oxygens (including phenoxy) is 1. The zero-order valence-electron chi connectivity index (χ0n) is 17.6. The van der Waals surface area contributed by atoms with E-state index in [1.54, 1.807) is 0 Å². The van der Waals surface area contributed by atoms with Crippen molar-refractivity contribution in [3.63, 3.8) is 0 Å². The zero-order valence-corrected chi connectivity index (χ0v) is 18.3. The minimum atomic E-state index is 0.138. The molecular formula is C26H30ClNO. The lowest BCUT2D eigenvalue weighted by atomic mass is 9.85.